The molecular weight excluding hydrogens is 279 g/mol. The summed E-state index contributed by atoms with van der Waals surface area (Å²) >= 11 is 0. The van der Waals surface area contributed by atoms with Crippen LogP contribution in [0.5, 0.6) is 5.75 Å². The summed E-state index contributed by atoms with van der Waals surface area (Å²) in [5, 5.41) is 18.8. The largest absolute Gasteiger partial charge is 0.493 e. The van der Waals surface area contributed by atoms with E-state index in [0.717, 1.165) is 25.3 Å². The number of aromatic carboxylic acids is 1. The Balaban J connectivity index is 2.62. The Morgan fingerprint density at radius 3 is 2.29 bits per heavy atom. The van der Waals surface area contributed by atoms with Crippen molar-refractivity contribution in [2.75, 3.05) is 7.11 Å². The van der Waals surface area contributed by atoms with Crippen LogP contribution in [0.25, 0.3) is 0 Å². The van der Waals surface area contributed by atoms with Crippen molar-refractivity contribution < 1.29 is 28.9 Å². The summed E-state index contributed by atoms with van der Waals surface area (Å²) in [6, 6.07) is 2.31. The molecule has 2 N–H and O–H groups in total. The summed E-state index contributed by atoms with van der Waals surface area (Å²) in [6.07, 6.45) is 3.14. The minimum atomic E-state index is -1.34. The first kappa shape index (κ1) is 15.3. The Bertz CT molecular complexity index is 576. The van der Waals surface area contributed by atoms with Gasteiger partial charge in [0.15, 0.2) is 11.6 Å². The number of hydrogen-bond donors (Lipinski definition) is 2. The van der Waals surface area contributed by atoms with Crippen molar-refractivity contribution in [2.24, 2.45) is 0 Å². The number of halogens is 1. The Labute approximate surface area is 121 Å². The van der Waals surface area contributed by atoms with E-state index in [9.17, 15) is 24.2 Å². The van der Waals surface area contributed by atoms with Crippen molar-refractivity contribution >= 4 is 11.9 Å². The Morgan fingerprint density at radius 1 is 1.19 bits per heavy atom. The van der Waals surface area contributed by atoms with Crippen molar-refractivity contribution in [3.8, 4) is 5.75 Å². The van der Waals surface area contributed by atoms with Crippen molar-refractivity contribution in [1.29, 1.82) is 0 Å². The molecule has 1 aromatic carbocycles. The summed E-state index contributed by atoms with van der Waals surface area (Å²) in [5.41, 5.74) is -1.36. The summed E-state index contributed by atoms with van der Waals surface area (Å²) in [6.45, 7) is 0. The second-order valence-electron chi connectivity index (χ2n) is 5.29. The number of carboxylic acids is 2. The molecule has 1 fully saturated rings. The molecule has 1 aromatic rings. The van der Waals surface area contributed by atoms with Gasteiger partial charge in [-0.05, 0) is 30.5 Å². The van der Waals surface area contributed by atoms with Gasteiger partial charge in [-0.15, -0.1) is 0 Å². The molecule has 5 nitrogen and oxygen atoms in total. The highest BCUT2D eigenvalue weighted by molar-refractivity contribution is 5.92. The van der Waals surface area contributed by atoms with Crippen LogP contribution in [0.3, 0.4) is 0 Å². The van der Waals surface area contributed by atoms with Gasteiger partial charge in [-0.1, -0.05) is 19.3 Å². The Hall–Kier alpha value is -2.11. The van der Waals surface area contributed by atoms with Crippen LogP contribution in [0, 0.1) is 5.82 Å². The molecule has 0 amide bonds. The van der Waals surface area contributed by atoms with E-state index < -0.39 is 23.2 Å². The predicted octanol–water partition coefficient (Wildman–Crippen LogP) is 2.82. The Kier molecular flexibility index (Phi) is 4.16. The summed E-state index contributed by atoms with van der Waals surface area (Å²) in [7, 11) is 1.18. The first-order chi connectivity index (χ1) is 9.92. The molecule has 0 heterocycles. The van der Waals surface area contributed by atoms with Gasteiger partial charge in [0, 0.05) is 0 Å². The summed E-state index contributed by atoms with van der Waals surface area (Å²) in [4.78, 5) is 23.0. The lowest BCUT2D eigenvalue weighted by molar-refractivity contribution is -0.145. The Morgan fingerprint density at radius 2 is 1.81 bits per heavy atom. The van der Waals surface area contributed by atoms with Crippen LogP contribution in [0.15, 0.2) is 12.1 Å². The number of ether oxygens (including phenoxy) is 1. The average Bonchev–Trinajstić information content (AvgIpc) is 2.46. The average molecular weight is 296 g/mol. The van der Waals surface area contributed by atoms with Gasteiger partial charge in [0.25, 0.3) is 0 Å². The molecule has 0 spiro atoms. The van der Waals surface area contributed by atoms with Gasteiger partial charge in [0.1, 0.15) is 5.56 Å². The van der Waals surface area contributed by atoms with E-state index in [0.29, 0.717) is 12.8 Å². The van der Waals surface area contributed by atoms with E-state index in [2.05, 4.69) is 0 Å². The molecule has 2 rings (SSSR count). The van der Waals surface area contributed by atoms with E-state index >= 15 is 0 Å². The second-order valence-corrected chi connectivity index (χ2v) is 5.29. The molecule has 1 saturated carbocycles. The first-order valence-electron chi connectivity index (χ1n) is 6.77. The zero-order valence-electron chi connectivity index (χ0n) is 11.7. The summed E-state index contributed by atoms with van der Waals surface area (Å²) < 4.78 is 18.8. The second kappa shape index (κ2) is 5.71. The quantitative estimate of drug-likeness (QED) is 0.892. The van der Waals surface area contributed by atoms with Crippen LogP contribution < -0.4 is 4.74 Å². The van der Waals surface area contributed by atoms with Gasteiger partial charge < -0.3 is 14.9 Å². The molecule has 0 unspecified atom stereocenters. The van der Waals surface area contributed by atoms with Gasteiger partial charge in [-0.3, -0.25) is 4.79 Å². The molecule has 0 aromatic heterocycles. The molecule has 0 saturated heterocycles. The van der Waals surface area contributed by atoms with E-state index in [-0.39, 0.29) is 16.9 Å². The molecule has 1 aliphatic rings. The maximum atomic E-state index is 14.1. The zero-order chi connectivity index (χ0) is 15.6. The van der Waals surface area contributed by atoms with Crippen LogP contribution >= 0.6 is 0 Å². The highest BCUT2D eigenvalue weighted by Crippen LogP contribution is 2.41. The molecule has 21 heavy (non-hydrogen) atoms. The minimum Gasteiger partial charge on any atom is -0.493 e. The SMILES string of the molecule is COc1c(F)cc(C2(C(=O)O)CCCCC2)cc1C(=O)O. The third-order valence-electron chi connectivity index (χ3n) is 4.15. The molecule has 0 bridgehead atoms. The van der Waals surface area contributed by atoms with E-state index in [4.69, 9.17) is 4.74 Å². The van der Waals surface area contributed by atoms with Crippen LogP contribution in [0.4, 0.5) is 4.39 Å². The number of aliphatic carboxylic acids is 1. The molecule has 0 aliphatic heterocycles. The normalized spacial score (nSPS) is 17.2. The number of methoxy groups -OCH3 is 1. The minimum absolute atomic E-state index is 0.199. The fourth-order valence-corrected chi connectivity index (χ4v) is 3.02. The van der Waals surface area contributed by atoms with Gasteiger partial charge in [-0.2, -0.15) is 0 Å². The molecule has 0 atom stereocenters. The first-order valence-corrected chi connectivity index (χ1v) is 6.77. The zero-order valence-corrected chi connectivity index (χ0v) is 11.7. The monoisotopic (exact) mass is 296 g/mol. The van der Waals surface area contributed by atoms with Crippen LogP contribution in [0.2, 0.25) is 0 Å². The maximum absolute atomic E-state index is 14.1. The highest BCUT2D eigenvalue weighted by Gasteiger charge is 2.42. The van der Waals surface area contributed by atoms with Gasteiger partial charge >= 0.3 is 11.9 Å². The fourth-order valence-electron chi connectivity index (χ4n) is 3.02. The maximum Gasteiger partial charge on any atom is 0.339 e. The summed E-state index contributed by atoms with van der Waals surface area (Å²) in [5.74, 6) is -3.60. The van der Waals surface area contributed by atoms with Crippen molar-refractivity contribution in [2.45, 2.75) is 37.5 Å². The number of rotatable bonds is 4. The lowest BCUT2D eigenvalue weighted by atomic mass is 9.69. The smallest absolute Gasteiger partial charge is 0.339 e. The molecule has 6 heteroatoms. The highest BCUT2D eigenvalue weighted by atomic mass is 19.1. The van der Waals surface area contributed by atoms with Crippen LogP contribution in [0.1, 0.15) is 48.0 Å². The van der Waals surface area contributed by atoms with Crippen molar-refractivity contribution in [3.05, 3.63) is 29.1 Å². The fraction of sp³-hybridized carbons (Fsp3) is 0.467. The predicted molar refractivity (Wildman–Crippen MR) is 72.3 cm³/mol. The van der Waals surface area contributed by atoms with Crippen molar-refractivity contribution in [1.82, 2.24) is 0 Å². The van der Waals surface area contributed by atoms with Gasteiger partial charge in [-0.25, -0.2) is 9.18 Å². The van der Waals surface area contributed by atoms with E-state index in [1.807, 2.05) is 0 Å². The number of benzene rings is 1. The number of carboxylic acid groups (broad SMARTS) is 2. The molecule has 0 radical (unpaired) electrons. The lowest BCUT2D eigenvalue weighted by Crippen LogP contribution is -2.38. The van der Waals surface area contributed by atoms with E-state index in [1.54, 1.807) is 0 Å². The molecule has 114 valence electrons. The van der Waals surface area contributed by atoms with Crippen LogP contribution in [-0.2, 0) is 10.2 Å². The third kappa shape index (κ3) is 2.57. The van der Waals surface area contributed by atoms with Gasteiger partial charge in [0.2, 0.25) is 0 Å². The molecule has 1 aliphatic carbocycles. The number of hydrogen-bond acceptors (Lipinski definition) is 3. The lowest BCUT2D eigenvalue weighted by Gasteiger charge is -2.34. The standard InChI is InChI=1S/C15H17FO5/c1-21-12-10(13(17)18)7-9(8-11(12)16)15(14(19)20)5-3-2-4-6-15/h7-8H,2-6H2,1H3,(H,17,18)(H,19,20). The molecular formula is C15H17FO5. The third-order valence-corrected chi connectivity index (χ3v) is 4.15. The van der Waals surface area contributed by atoms with E-state index in [1.165, 1.54) is 13.2 Å². The topological polar surface area (TPSA) is 83.8 Å². The van der Waals surface area contributed by atoms with Crippen molar-refractivity contribution in [3.63, 3.8) is 0 Å². The van der Waals surface area contributed by atoms with Gasteiger partial charge in [0.05, 0.1) is 12.5 Å². The van der Waals surface area contributed by atoms with Crippen LogP contribution in [-0.4, -0.2) is 29.3 Å². The number of carbonyl (C=O) groups is 2.